The molecule has 1 saturated heterocycles. The van der Waals surface area contributed by atoms with E-state index in [4.69, 9.17) is 0 Å². The van der Waals surface area contributed by atoms with Gasteiger partial charge in [0.25, 0.3) is 0 Å². The predicted octanol–water partition coefficient (Wildman–Crippen LogP) is 2.55. The molecule has 1 amide bonds. The SMILES string of the molecule is Cc1ccc(Cn2nc(C)c(CCC(=O)NCC3CNC3)c2C)cc1.Cl. The van der Waals surface area contributed by atoms with Crippen molar-refractivity contribution in [3.8, 4) is 0 Å². The molecular formula is C20H29ClN4O. The Morgan fingerprint density at radius 2 is 1.92 bits per heavy atom. The zero-order chi connectivity index (χ0) is 17.8. The van der Waals surface area contributed by atoms with Crippen LogP contribution in [0.3, 0.4) is 0 Å². The molecule has 1 aromatic heterocycles. The zero-order valence-corrected chi connectivity index (χ0v) is 16.7. The van der Waals surface area contributed by atoms with Gasteiger partial charge in [-0.3, -0.25) is 9.48 Å². The fourth-order valence-electron chi connectivity index (χ4n) is 3.19. The van der Waals surface area contributed by atoms with Gasteiger partial charge >= 0.3 is 0 Å². The molecule has 2 N–H and O–H groups in total. The van der Waals surface area contributed by atoms with Crippen molar-refractivity contribution in [2.24, 2.45) is 5.92 Å². The Morgan fingerprint density at radius 3 is 2.54 bits per heavy atom. The lowest BCUT2D eigenvalue weighted by molar-refractivity contribution is -0.121. The third-order valence-corrected chi connectivity index (χ3v) is 5.04. The van der Waals surface area contributed by atoms with Gasteiger partial charge in [0, 0.05) is 37.7 Å². The van der Waals surface area contributed by atoms with E-state index in [0.29, 0.717) is 12.3 Å². The summed E-state index contributed by atoms with van der Waals surface area (Å²) >= 11 is 0. The Labute approximate surface area is 162 Å². The third kappa shape index (κ3) is 5.08. The van der Waals surface area contributed by atoms with Crippen molar-refractivity contribution in [2.45, 2.75) is 40.2 Å². The summed E-state index contributed by atoms with van der Waals surface area (Å²) in [6.45, 7) is 9.82. The molecule has 1 aliphatic heterocycles. The lowest BCUT2D eigenvalue weighted by Gasteiger charge is -2.27. The smallest absolute Gasteiger partial charge is 0.220 e. The minimum absolute atomic E-state index is 0. The molecule has 1 aromatic carbocycles. The molecule has 1 aliphatic rings. The van der Waals surface area contributed by atoms with Crippen LogP contribution in [0.15, 0.2) is 24.3 Å². The standard InChI is InChI=1S/C20H28N4O.ClH/c1-14-4-6-17(7-5-14)13-24-16(3)19(15(2)23-24)8-9-20(25)22-12-18-10-21-11-18;/h4-7,18,21H,8-13H2,1-3H3,(H,22,25);1H. The van der Waals surface area contributed by atoms with E-state index in [2.05, 4.69) is 53.8 Å². The number of hydrogen-bond donors (Lipinski definition) is 2. The number of hydrogen-bond acceptors (Lipinski definition) is 3. The van der Waals surface area contributed by atoms with Gasteiger partial charge in [0.1, 0.15) is 0 Å². The van der Waals surface area contributed by atoms with Crippen LogP contribution in [0.4, 0.5) is 0 Å². The van der Waals surface area contributed by atoms with Crippen LogP contribution in [0, 0.1) is 26.7 Å². The van der Waals surface area contributed by atoms with Crippen molar-refractivity contribution >= 4 is 18.3 Å². The number of carbonyl (C=O) groups is 1. The Morgan fingerprint density at radius 1 is 1.23 bits per heavy atom. The average molecular weight is 377 g/mol. The number of rotatable bonds is 7. The molecule has 6 heteroatoms. The minimum atomic E-state index is 0. The predicted molar refractivity (Wildman–Crippen MR) is 107 cm³/mol. The molecule has 2 heterocycles. The van der Waals surface area contributed by atoms with E-state index < -0.39 is 0 Å². The van der Waals surface area contributed by atoms with Gasteiger partial charge in [-0.25, -0.2) is 0 Å². The molecule has 2 aromatic rings. The largest absolute Gasteiger partial charge is 0.356 e. The van der Waals surface area contributed by atoms with Crippen LogP contribution >= 0.6 is 12.4 Å². The molecule has 3 rings (SSSR count). The van der Waals surface area contributed by atoms with E-state index in [1.165, 1.54) is 16.7 Å². The van der Waals surface area contributed by atoms with Crippen molar-refractivity contribution in [3.63, 3.8) is 0 Å². The third-order valence-electron chi connectivity index (χ3n) is 5.04. The maximum absolute atomic E-state index is 12.1. The molecule has 0 spiro atoms. The summed E-state index contributed by atoms with van der Waals surface area (Å²) in [4.78, 5) is 12.1. The van der Waals surface area contributed by atoms with Gasteiger partial charge in [-0.15, -0.1) is 12.4 Å². The number of aryl methyl sites for hydroxylation is 2. The van der Waals surface area contributed by atoms with Crippen LogP contribution in [0.2, 0.25) is 0 Å². The lowest BCUT2D eigenvalue weighted by atomic mass is 10.0. The van der Waals surface area contributed by atoms with Crippen LogP contribution in [0.5, 0.6) is 0 Å². The number of benzene rings is 1. The van der Waals surface area contributed by atoms with E-state index in [9.17, 15) is 4.79 Å². The first kappa shape index (κ1) is 20.5. The quantitative estimate of drug-likeness (QED) is 0.780. The molecule has 0 aliphatic carbocycles. The maximum atomic E-state index is 12.1. The van der Waals surface area contributed by atoms with Crippen LogP contribution in [0.25, 0.3) is 0 Å². The number of nitrogens with zero attached hydrogens (tertiary/aromatic N) is 2. The number of aromatic nitrogens is 2. The Kier molecular flexibility index (Phi) is 7.23. The fourth-order valence-corrected chi connectivity index (χ4v) is 3.19. The van der Waals surface area contributed by atoms with E-state index in [-0.39, 0.29) is 18.3 Å². The van der Waals surface area contributed by atoms with Crippen molar-refractivity contribution < 1.29 is 4.79 Å². The van der Waals surface area contributed by atoms with E-state index in [0.717, 1.165) is 44.0 Å². The first-order valence-corrected chi connectivity index (χ1v) is 9.08. The molecule has 5 nitrogen and oxygen atoms in total. The lowest BCUT2D eigenvalue weighted by Crippen LogP contribution is -2.48. The summed E-state index contributed by atoms with van der Waals surface area (Å²) in [5.74, 6) is 0.738. The van der Waals surface area contributed by atoms with Crippen LogP contribution in [-0.4, -0.2) is 35.3 Å². The fraction of sp³-hybridized carbons (Fsp3) is 0.500. The normalized spacial score (nSPS) is 13.8. The summed E-state index contributed by atoms with van der Waals surface area (Å²) in [6, 6.07) is 8.55. The minimum Gasteiger partial charge on any atom is -0.356 e. The Bertz CT molecular complexity index is 735. The number of carbonyl (C=O) groups excluding carboxylic acids is 1. The van der Waals surface area contributed by atoms with Crippen molar-refractivity contribution in [2.75, 3.05) is 19.6 Å². The summed E-state index contributed by atoms with van der Waals surface area (Å²) in [5.41, 5.74) is 5.90. The Balaban J connectivity index is 0.00000243. The first-order valence-electron chi connectivity index (χ1n) is 9.08. The number of amides is 1. The topological polar surface area (TPSA) is 59.0 Å². The van der Waals surface area contributed by atoms with Crippen molar-refractivity contribution in [1.82, 2.24) is 20.4 Å². The van der Waals surface area contributed by atoms with Crippen LogP contribution < -0.4 is 10.6 Å². The Hall–Kier alpha value is -1.85. The molecule has 0 saturated carbocycles. The molecular weight excluding hydrogens is 348 g/mol. The second-order valence-corrected chi connectivity index (χ2v) is 7.12. The highest BCUT2D eigenvalue weighted by molar-refractivity contribution is 5.85. The summed E-state index contributed by atoms with van der Waals surface area (Å²) in [5, 5.41) is 10.9. The van der Waals surface area contributed by atoms with Gasteiger partial charge in [-0.1, -0.05) is 29.8 Å². The van der Waals surface area contributed by atoms with E-state index in [1.54, 1.807) is 0 Å². The highest BCUT2D eigenvalue weighted by atomic mass is 35.5. The summed E-state index contributed by atoms with van der Waals surface area (Å²) in [7, 11) is 0. The summed E-state index contributed by atoms with van der Waals surface area (Å²) in [6.07, 6.45) is 1.28. The van der Waals surface area contributed by atoms with Gasteiger partial charge < -0.3 is 10.6 Å². The van der Waals surface area contributed by atoms with Gasteiger partial charge in [-0.2, -0.15) is 5.10 Å². The maximum Gasteiger partial charge on any atom is 0.220 e. The molecule has 0 unspecified atom stereocenters. The van der Waals surface area contributed by atoms with E-state index >= 15 is 0 Å². The molecule has 26 heavy (non-hydrogen) atoms. The molecule has 0 atom stereocenters. The second-order valence-electron chi connectivity index (χ2n) is 7.12. The van der Waals surface area contributed by atoms with Crippen LogP contribution in [0.1, 0.15) is 34.5 Å². The number of nitrogens with one attached hydrogen (secondary N) is 2. The van der Waals surface area contributed by atoms with Gasteiger partial charge in [0.05, 0.1) is 12.2 Å². The molecule has 142 valence electrons. The molecule has 1 fully saturated rings. The zero-order valence-electron chi connectivity index (χ0n) is 15.8. The first-order chi connectivity index (χ1) is 12.0. The van der Waals surface area contributed by atoms with Gasteiger partial charge in [0.15, 0.2) is 0 Å². The number of halogens is 1. The highest BCUT2D eigenvalue weighted by Crippen LogP contribution is 2.17. The van der Waals surface area contributed by atoms with Crippen LogP contribution in [-0.2, 0) is 17.8 Å². The van der Waals surface area contributed by atoms with E-state index in [1.807, 2.05) is 11.6 Å². The van der Waals surface area contributed by atoms with Crippen molar-refractivity contribution in [1.29, 1.82) is 0 Å². The van der Waals surface area contributed by atoms with Gasteiger partial charge in [0.2, 0.25) is 5.91 Å². The average Bonchev–Trinajstić information content (AvgIpc) is 2.80. The summed E-state index contributed by atoms with van der Waals surface area (Å²) < 4.78 is 2.05. The van der Waals surface area contributed by atoms with Gasteiger partial charge in [-0.05, 0) is 38.3 Å². The second kappa shape index (κ2) is 9.19. The highest BCUT2D eigenvalue weighted by Gasteiger charge is 2.18. The monoisotopic (exact) mass is 376 g/mol. The van der Waals surface area contributed by atoms with Crippen molar-refractivity contribution in [3.05, 3.63) is 52.3 Å². The molecule has 0 radical (unpaired) electrons. The molecule has 0 bridgehead atoms.